The van der Waals surface area contributed by atoms with Crippen molar-refractivity contribution in [2.24, 2.45) is 0 Å². The Morgan fingerprint density at radius 3 is 2.93 bits per heavy atom. The van der Waals surface area contributed by atoms with Gasteiger partial charge in [-0.1, -0.05) is 34.7 Å². The fourth-order valence-electron chi connectivity index (χ4n) is 1.03. The Kier molecular flexibility index (Phi) is 4.61. The van der Waals surface area contributed by atoms with E-state index in [1.54, 1.807) is 18.2 Å². The molecule has 0 spiro atoms. The van der Waals surface area contributed by atoms with Crippen molar-refractivity contribution in [3.63, 3.8) is 0 Å². The molecule has 1 rings (SSSR count). The molecule has 0 bridgehead atoms. The number of aromatic hydroxyl groups is 1. The second-order valence-electron chi connectivity index (χ2n) is 2.86. The highest BCUT2D eigenvalue weighted by molar-refractivity contribution is 14.1. The summed E-state index contributed by atoms with van der Waals surface area (Å²) in [4.78, 5) is 11.0. The molecule has 0 aromatic heterocycles. The number of alkyl halides is 1. The molecule has 0 saturated carbocycles. The van der Waals surface area contributed by atoms with Gasteiger partial charge in [0.15, 0.2) is 17.3 Å². The van der Waals surface area contributed by atoms with Crippen molar-refractivity contribution in [1.82, 2.24) is 0 Å². The van der Waals surface area contributed by atoms with E-state index in [4.69, 9.17) is 4.74 Å². The fourth-order valence-corrected chi connectivity index (χ4v) is 1.29. The Hall–Kier alpha value is -1.04. The molecule has 0 aliphatic rings. The van der Waals surface area contributed by atoms with Gasteiger partial charge in [0.25, 0.3) is 0 Å². The van der Waals surface area contributed by atoms with E-state index >= 15 is 0 Å². The van der Waals surface area contributed by atoms with E-state index in [1.165, 1.54) is 19.3 Å². The average molecular weight is 318 g/mol. The Bertz CT molecular complexity index is 385. The van der Waals surface area contributed by atoms with Gasteiger partial charge in [0.1, 0.15) is 0 Å². The van der Waals surface area contributed by atoms with Crippen molar-refractivity contribution in [2.45, 2.75) is 0 Å². The average Bonchev–Trinajstić information content (AvgIpc) is 2.27. The lowest BCUT2D eigenvalue weighted by molar-refractivity contribution is -0.112. The van der Waals surface area contributed by atoms with Crippen LogP contribution in [0.3, 0.4) is 0 Å². The highest BCUT2D eigenvalue weighted by Gasteiger charge is 2.00. The molecule has 4 heteroatoms. The molecule has 1 aromatic carbocycles. The van der Waals surface area contributed by atoms with Crippen LogP contribution in [0.2, 0.25) is 0 Å². The van der Waals surface area contributed by atoms with Crippen LogP contribution in [0, 0.1) is 0 Å². The number of hydrogen-bond donors (Lipinski definition) is 1. The summed E-state index contributed by atoms with van der Waals surface area (Å²) in [6, 6.07) is 4.92. The lowest BCUT2D eigenvalue weighted by atomic mass is 10.2. The van der Waals surface area contributed by atoms with Crippen molar-refractivity contribution in [1.29, 1.82) is 0 Å². The molecule has 0 atom stereocenters. The molecule has 0 aliphatic carbocycles. The SMILES string of the molecule is COc1cc(C=CC(=O)CI)ccc1O. The van der Waals surface area contributed by atoms with Crippen LogP contribution in [-0.4, -0.2) is 22.4 Å². The van der Waals surface area contributed by atoms with Gasteiger partial charge < -0.3 is 9.84 Å². The van der Waals surface area contributed by atoms with E-state index in [0.29, 0.717) is 10.2 Å². The summed E-state index contributed by atoms with van der Waals surface area (Å²) in [6.07, 6.45) is 3.21. The molecular weight excluding hydrogens is 307 g/mol. The second-order valence-corrected chi connectivity index (χ2v) is 3.63. The van der Waals surface area contributed by atoms with Gasteiger partial charge in [-0.3, -0.25) is 4.79 Å². The molecule has 15 heavy (non-hydrogen) atoms. The third-order valence-electron chi connectivity index (χ3n) is 1.80. The number of allylic oxidation sites excluding steroid dienone is 1. The van der Waals surface area contributed by atoms with Crippen LogP contribution in [0.15, 0.2) is 24.3 Å². The molecule has 0 amide bonds. The minimum atomic E-state index is 0.0580. The summed E-state index contributed by atoms with van der Waals surface area (Å²) in [5.74, 6) is 0.552. The molecule has 0 radical (unpaired) electrons. The lowest BCUT2D eigenvalue weighted by Gasteiger charge is -2.03. The van der Waals surface area contributed by atoms with E-state index in [1.807, 2.05) is 22.6 Å². The molecule has 1 N–H and O–H groups in total. The molecule has 80 valence electrons. The van der Waals surface area contributed by atoms with E-state index in [0.717, 1.165) is 5.56 Å². The van der Waals surface area contributed by atoms with Gasteiger partial charge in [0.2, 0.25) is 0 Å². The van der Waals surface area contributed by atoms with Crippen molar-refractivity contribution in [2.75, 3.05) is 11.5 Å². The predicted octanol–water partition coefficient (Wildman–Crippen LogP) is 2.42. The van der Waals surface area contributed by atoms with Crippen LogP contribution >= 0.6 is 22.6 Å². The Morgan fingerprint density at radius 1 is 1.60 bits per heavy atom. The second kappa shape index (κ2) is 5.75. The molecular formula is C11H11IO3. The first-order valence-corrected chi connectivity index (χ1v) is 5.84. The van der Waals surface area contributed by atoms with E-state index in [9.17, 15) is 9.90 Å². The van der Waals surface area contributed by atoms with Crippen molar-refractivity contribution in [3.05, 3.63) is 29.8 Å². The summed E-state index contributed by atoms with van der Waals surface area (Å²) in [5, 5.41) is 9.34. The number of ketones is 1. The number of methoxy groups -OCH3 is 1. The Morgan fingerprint density at radius 2 is 2.33 bits per heavy atom. The predicted molar refractivity (Wildman–Crippen MR) is 67.6 cm³/mol. The normalized spacial score (nSPS) is 10.5. The van der Waals surface area contributed by atoms with E-state index < -0.39 is 0 Å². The van der Waals surface area contributed by atoms with Gasteiger partial charge >= 0.3 is 0 Å². The maximum absolute atomic E-state index is 11.0. The van der Waals surface area contributed by atoms with Gasteiger partial charge in [-0.2, -0.15) is 0 Å². The number of benzene rings is 1. The van der Waals surface area contributed by atoms with Crippen LogP contribution in [0.4, 0.5) is 0 Å². The maximum Gasteiger partial charge on any atom is 0.165 e. The number of phenols is 1. The van der Waals surface area contributed by atoms with Gasteiger partial charge in [-0.05, 0) is 23.8 Å². The summed E-state index contributed by atoms with van der Waals surface area (Å²) < 4.78 is 5.41. The number of halogens is 1. The van der Waals surface area contributed by atoms with Crippen LogP contribution in [0.5, 0.6) is 11.5 Å². The zero-order chi connectivity index (χ0) is 11.3. The Balaban J connectivity index is 2.87. The number of hydrogen-bond acceptors (Lipinski definition) is 3. The zero-order valence-electron chi connectivity index (χ0n) is 8.24. The third kappa shape index (κ3) is 3.54. The van der Waals surface area contributed by atoms with Crippen molar-refractivity contribution < 1.29 is 14.6 Å². The Labute approximate surface area is 102 Å². The number of rotatable bonds is 4. The van der Waals surface area contributed by atoms with Gasteiger partial charge in [0.05, 0.1) is 11.5 Å². The quantitative estimate of drug-likeness (QED) is 0.527. The summed E-state index contributed by atoms with van der Waals surface area (Å²) in [5.41, 5.74) is 0.822. The molecule has 1 aromatic rings. The van der Waals surface area contributed by atoms with Crippen LogP contribution < -0.4 is 4.74 Å². The lowest BCUT2D eigenvalue weighted by Crippen LogP contribution is -1.91. The number of ether oxygens (including phenoxy) is 1. The minimum Gasteiger partial charge on any atom is -0.504 e. The van der Waals surface area contributed by atoms with Crippen molar-refractivity contribution in [3.8, 4) is 11.5 Å². The van der Waals surface area contributed by atoms with Crippen LogP contribution in [0.1, 0.15) is 5.56 Å². The van der Waals surface area contributed by atoms with Crippen LogP contribution in [0.25, 0.3) is 6.08 Å². The van der Waals surface area contributed by atoms with Gasteiger partial charge in [-0.15, -0.1) is 0 Å². The summed E-state index contributed by atoms with van der Waals surface area (Å²) >= 11 is 2.01. The fraction of sp³-hybridized carbons (Fsp3) is 0.182. The first kappa shape index (κ1) is 12.0. The standard InChI is InChI=1S/C11H11IO3/c1-15-11-6-8(3-5-10(11)14)2-4-9(13)7-12/h2-6,14H,7H2,1H3. The van der Waals surface area contributed by atoms with Gasteiger partial charge in [-0.25, -0.2) is 0 Å². The smallest absolute Gasteiger partial charge is 0.165 e. The zero-order valence-corrected chi connectivity index (χ0v) is 10.4. The van der Waals surface area contributed by atoms with Crippen molar-refractivity contribution >= 4 is 34.5 Å². The molecule has 0 unspecified atom stereocenters. The number of carbonyl (C=O) groups excluding carboxylic acids is 1. The molecule has 0 fully saturated rings. The summed E-state index contributed by atoms with van der Waals surface area (Å²) in [7, 11) is 1.48. The minimum absolute atomic E-state index is 0.0580. The monoisotopic (exact) mass is 318 g/mol. The largest absolute Gasteiger partial charge is 0.504 e. The van der Waals surface area contributed by atoms with Gasteiger partial charge in [0, 0.05) is 0 Å². The topological polar surface area (TPSA) is 46.5 Å². The molecule has 3 nitrogen and oxygen atoms in total. The number of carbonyl (C=O) groups is 1. The molecule has 0 heterocycles. The van der Waals surface area contributed by atoms with E-state index in [-0.39, 0.29) is 11.5 Å². The summed E-state index contributed by atoms with van der Waals surface area (Å²) in [6.45, 7) is 0. The third-order valence-corrected chi connectivity index (χ3v) is 2.55. The first-order valence-electron chi connectivity index (χ1n) is 4.31. The number of phenolic OH excluding ortho intramolecular Hbond substituents is 1. The van der Waals surface area contributed by atoms with E-state index in [2.05, 4.69) is 0 Å². The first-order chi connectivity index (χ1) is 7.17. The van der Waals surface area contributed by atoms with Crippen LogP contribution in [-0.2, 0) is 4.79 Å². The molecule has 0 saturated heterocycles. The highest BCUT2D eigenvalue weighted by Crippen LogP contribution is 2.26. The molecule has 0 aliphatic heterocycles. The maximum atomic E-state index is 11.0. The highest BCUT2D eigenvalue weighted by atomic mass is 127.